The zero-order valence-electron chi connectivity index (χ0n) is 21.1. The van der Waals surface area contributed by atoms with E-state index in [-0.39, 0.29) is 18.2 Å². The number of hydrogen-bond donors (Lipinski definition) is 2. The quantitative estimate of drug-likeness (QED) is 0.308. The minimum atomic E-state index is -0.205. The molecule has 0 aliphatic rings. The summed E-state index contributed by atoms with van der Waals surface area (Å²) in [6.07, 6.45) is 2.93. The molecule has 1 heterocycles. The number of carbonyl (C=O) groups is 1. The fraction of sp³-hybridized carbons (Fsp3) is 0.276. The molecule has 36 heavy (non-hydrogen) atoms. The van der Waals surface area contributed by atoms with E-state index in [1.165, 1.54) is 0 Å². The Bertz CT molecular complexity index is 1330. The molecule has 7 heteroatoms. The van der Waals surface area contributed by atoms with Crippen molar-refractivity contribution in [3.63, 3.8) is 0 Å². The van der Waals surface area contributed by atoms with E-state index in [0.717, 1.165) is 27.6 Å². The van der Waals surface area contributed by atoms with E-state index in [1.54, 1.807) is 28.4 Å². The summed E-state index contributed by atoms with van der Waals surface area (Å²) in [5, 5.41) is 4.16. The molecular formula is C29H32N2O5. The first-order valence-corrected chi connectivity index (χ1v) is 11.8. The SMILES string of the molecule is COc1ccc([C@@H](CC(=O)NCCc2ccc(OC)c(OC)c2)c2c[nH]c3ccccc23)c(OC)c1. The maximum Gasteiger partial charge on any atom is 0.220 e. The van der Waals surface area contributed by atoms with Gasteiger partial charge in [-0.2, -0.15) is 0 Å². The number of aromatic amines is 1. The molecule has 1 aromatic heterocycles. The average Bonchev–Trinajstić information content (AvgIpc) is 3.35. The van der Waals surface area contributed by atoms with Gasteiger partial charge in [0, 0.05) is 47.6 Å². The lowest BCUT2D eigenvalue weighted by atomic mass is 9.87. The summed E-state index contributed by atoms with van der Waals surface area (Å²) < 4.78 is 21.8. The van der Waals surface area contributed by atoms with Crippen molar-refractivity contribution in [2.24, 2.45) is 0 Å². The number of rotatable bonds is 11. The number of benzene rings is 3. The van der Waals surface area contributed by atoms with Gasteiger partial charge in [-0.25, -0.2) is 0 Å². The Balaban J connectivity index is 1.54. The molecule has 0 spiro atoms. The second-order valence-electron chi connectivity index (χ2n) is 8.44. The van der Waals surface area contributed by atoms with Crippen LogP contribution in [0.25, 0.3) is 10.9 Å². The molecule has 0 saturated carbocycles. The highest BCUT2D eigenvalue weighted by Gasteiger charge is 2.24. The number of aromatic nitrogens is 1. The van der Waals surface area contributed by atoms with Crippen LogP contribution in [-0.4, -0.2) is 45.9 Å². The van der Waals surface area contributed by atoms with Crippen LogP contribution >= 0.6 is 0 Å². The summed E-state index contributed by atoms with van der Waals surface area (Å²) in [6, 6.07) is 19.6. The maximum absolute atomic E-state index is 13.2. The lowest BCUT2D eigenvalue weighted by Crippen LogP contribution is -2.27. The predicted octanol–water partition coefficient (Wildman–Crippen LogP) is 5.08. The Morgan fingerprint density at radius 1 is 0.833 bits per heavy atom. The van der Waals surface area contributed by atoms with E-state index in [0.29, 0.717) is 36.0 Å². The summed E-state index contributed by atoms with van der Waals surface area (Å²) in [4.78, 5) is 16.5. The highest BCUT2D eigenvalue weighted by Crippen LogP contribution is 2.39. The smallest absolute Gasteiger partial charge is 0.220 e. The monoisotopic (exact) mass is 488 g/mol. The van der Waals surface area contributed by atoms with Crippen molar-refractivity contribution >= 4 is 16.8 Å². The largest absolute Gasteiger partial charge is 0.497 e. The van der Waals surface area contributed by atoms with Gasteiger partial charge in [0.1, 0.15) is 11.5 Å². The van der Waals surface area contributed by atoms with Gasteiger partial charge in [-0.05, 0) is 41.8 Å². The van der Waals surface area contributed by atoms with E-state index >= 15 is 0 Å². The standard InChI is InChI=1S/C29H32N2O5/c1-33-20-10-11-22(27(16-20)35-3)23(24-18-31-25-8-6-5-7-21(24)25)17-29(32)30-14-13-19-9-12-26(34-2)28(15-19)36-4/h5-12,15-16,18,23,31H,13-14,17H2,1-4H3,(H,30,32)/t23-/m1/s1. The second kappa shape index (κ2) is 11.5. The zero-order valence-corrected chi connectivity index (χ0v) is 21.1. The van der Waals surface area contributed by atoms with E-state index in [9.17, 15) is 4.79 Å². The van der Waals surface area contributed by atoms with Gasteiger partial charge in [0.05, 0.1) is 28.4 Å². The molecule has 0 aliphatic heterocycles. The Labute approximate surface area is 211 Å². The normalized spacial score (nSPS) is 11.7. The fourth-order valence-electron chi connectivity index (χ4n) is 4.52. The first kappa shape index (κ1) is 25.0. The highest BCUT2D eigenvalue weighted by atomic mass is 16.5. The molecule has 2 N–H and O–H groups in total. The molecule has 4 rings (SSSR count). The van der Waals surface area contributed by atoms with Gasteiger partial charge < -0.3 is 29.2 Å². The van der Waals surface area contributed by atoms with Crippen molar-refractivity contribution in [3.8, 4) is 23.0 Å². The summed E-state index contributed by atoms with van der Waals surface area (Å²) in [6.45, 7) is 0.509. The Hall–Kier alpha value is -4.13. The lowest BCUT2D eigenvalue weighted by Gasteiger charge is -2.20. The fourth-order valence-corrected chi connectivity index (χ4v) is 4.52. The van der Waals surface area contributed by atoms with Gasteiger partial charge in [-0.3, -0.25) is 4.79 Å². The molecule has 0 bridgehead atoms. The van der Waals surface area contributed by atoms with Gasteiger partial charge in [-0.1, -0.05) is 30.3 Å². The molecule has 0 radical (unpaired) electrons. The molecule has 4 aromatic rings. The number of ether oxygens (including phenoxy) is 4. The predicted molar refractivity (Wildman–Crippen MR) is 141 cm³/mol. The number of H-pyrrole nitrogens is 1. The summed E-state index contributed by atoms with van der Waals surface area (Å²) >= 11 is 0. The molecule has 3 aromatic carbocycles. The Morgan fingerprint density at radius 3 is 2.36 bits per heavy atom. The van der Waals surface area contributed by atoms with Crippen molar-refractivity contribution in [2.45, 2.75) is 18.8 Å². The number of carbonyl (C=O) groups excluding carboxylic acids is 1. The van der Waals surface area contributed by atoms with Crippen molar-refractivity contribution in [1.29, 1.82) is 0 Å². The third kappa shape index (κ3) is 5.40. The van der Waals surface area contributed by atoms with E-state index in [1.807, 2.05) is 60.8 Å². The molecule has 1 atom stereocenters. The topological polar surface area (TPSA) is 81.8 Å². The second-order valence-corrected chi connectivity index (χ2v) is 8.44. The van der Waals surface area contributed by atoms with Crippen LogP contribution in [0.2, 0.25) is 0 Å². The molecule has 0 unspecified atom stereocenters. The average molecular weight is 489 g/mol. The number of para-hydroxylation sites is 1. The summed E-state index contributed by atoms with van der Waals surface area (Å²) in [5.74, 6) is 2.50. The molecule has 0 saturated heterocycles. The first-order chi connectivity index (χ1) is 17.6. The Kier molecular flexibility index (Phi) is 8.00. The third-order valence-electron chi connectivity index (χ3n) is 6.39. The Morgan fingerprint density at radius 2 is 1.61 bits per heavy atom. The van der Waals surface area contributed by atoms with Crippen molar-refractivity contribution in [1.82, 2.24) is 10.3 Å². The molecule has 0 aliphatic carbocycles. The van der Waals surface area contributed by atoms with Crippen molar-refractivity contribution in [3.05, 3.63) is 83.6 Å². The van der Waals surface area contributed by atoms with Crippen LogP contribution in [0.1, 0.15) is 29.0 Å². The number of methoxy groups -OCH3 is 4. The van der Waals surface area contributed by atoms with Crippen LogP contribution in [0.3, 0.4) is 0 Å². The number of nitrogens with one attached hydrogen (secondary N) is 2. The van der Waals surface area contributed by atoms with Crippen LogP contribution < -0.4 is 24.3 Å². The first-order valence-electron chi connectivity index (χ1n) is 11.8. The van der Waals surface area contributed by atoms with Gasteiger partial charge >= 0.3 is 0 Å². The molecule has 188 valence electrons. The van der Waals surface area contributed by atoms with E-state index in [4.69, 9.17) is 18.9 Å². The minimum absolute atomic E-state index is 0.0383. The molecule has 1 amide bonds. The van der Waals surface area contributed by atoms with Crippen LogP contribution in [0.15, 0.2) is 66.9 Å². The van der Waals surface area contributed by atoms with Crippen molar-refractivity contribution in [2.75, 3.05) is 35.0 Å². The summed E-state index contributed by atoms with van der Waals surface area (Å²) in [7, 11) is 6.48. The van der Waals surface area contributed by atoms with E-state index < -0.39 is 0 Å². The summed E-state index contributed by atoms with van der Waals surface area (Å²) in [5.41, 5.74) is 4.05. The molecule has 0 fully saturated rings. The van der Waals surface area contributed by atoms with Crippen LogP contribution in [-0.2, 0) is 11.2 Å². The molecule has 7 nitrogen and oxygen atoms in total. The van der Waals surface area contributed by atoms with Gasteiger partial charge in [0.25, 0.3) is 0 Å². The van der Waals surface area contributed by atoms with Gasteiger partial charge in [0.15, 0.2) is 11.5 Å². The van der Waals surface area contributed by atoms with Crippen LogP contribution in [0.5, 0.6) is 23.0 Å². The van der Waals surface area contributed by atoms with Gasteiger partial charge in [-0.15, -0.1) is 0 Å². The highest BCUT2D eigenvalue weighted by molar-refractivity contribution is 5.86. The third-order valence-corrected chi connectivity index (χ3v) is 6.39. The number of hydrogen-bond acceptors (Lipinski definition) is 5. The van der Waals surface area contributed by atoms with Crippen molar-refractivity contribution < 1.29 is 23.7 Å². The number of fused-ring (bicyclic) bond motifs is 1. The maximum atomic E-state index is 13.2. The molecular weight excluding hydrogens is 456 g/mol. The van der Waals surface area contributed by atoms with E-state index in [2.05, 4.69) is 16.4 Å². The van der Waals surface area contributed by atoms with Gasteiger partial charge in [0.2, 0.25) is 5.91 Å². The van der Waals surface area contributed by atoms with Crippen LogP contribution in [0, 0.1) is 0 Å². The lowest BCUT2D eigenvalue weighted by molar-refractivity contribution is -0.121. The number of amides is 1. The minimum Gasteiger partial charge on any atom is -0.497 e. The zero-order chi connectivity index (χ0) is 25.5. The van der Waals surface area contributed by atoms with Crippen LogP contribution in [0.4, 0.5) is 0 Å².